The molecular weight excluding hydrogens is 418 g/mol. The van der Waals surface area contributed by atoms with Crippen molar-refractivity contribution in [2.45, 2.75) is 31.2 Å². The van der Waals surface area contributed by atoms with Gasteiger partial charge in [-0.3, -0.25) is 4.79 Å². The summed E-state index contributed by atoms with van der Waals surface area (Å²) in [6, 6.07) is 12.0. The van der Waals surface area contributed by atoms with Crippen molar-refractivity contribution in [2.24, 2.45) is 4.99 Å². The summed E-state index contributed by atoms with van der Waals surface area (Å²) >= 11 is 1.40. The van der Waals surface area contributed by atoms with Gasteiger partial charge in [0.2, 0.25) is 10.0 Å². The second kappa shape index (κ2) is 8.19. The lowest BCUT2D eigenvalue weighted by atomic mass is 10.2. The number of thiazole rings is 1. The lowest BCUT2D eigenvalue weighted by Gasteiger charge is -2.15. The first kappa shape index (κ1) is 20.5. The van der Waals surface area contributed by atoms with Gasteiger partial charge < -0.3 is 4.57 Å². The van der Waals surface area contributed by atoms with Gasteiger partial charge in [0.1, 0.15) is 0 Å². The molecule has 0 bridgehead atoms. The fourth-order valence-corrected chi connectivity index (χ4v) is 6.15. The molecule has 1 aliphatic rings. The summed E-state index contributed by atoms with van der Waals surface area (Å²) in [5.74, 6) is 2.17. The molecule has 0 atom stereocenters. The van der Waals surface area contributed by atoms with Gasteiger partial charge in [0, 0.05) is 18.7 Å². The van der Waals surface area contributed by atoms with Gasteiger partial charge in [0.15, 0.2) is 4.80 Å². The number of terminal acetylenes is 1. The summed E-state index contributed by atoms with van der Waals surface area (Å²) in [5, 5.41) is 0. The molecule has 1 saturated heterocycles. The summed E-state index contributed by atoms with van der Waals surface area (Å²) in [6.07, 6.45) is 7.26. The Morgan fingerprint density at radius 3 is 2.53 bits per heavy atom. The highest BCUT2D eigenvalue weighted by Gasteiger charge is 2.27. The van der Waals surface area contributed by atoms with Crippen molar-refractivity contribution < 1.29 is 13.2 Å². The van der Waals surface area contributed by atoms with Crippen LogP contribution in [0.15, 0.2) is 52.4 Å². The van der Waals surface area contributed by atoms with E-state index in [1.807, 2.05) is 29.7 Å². The summed E-state index contributed by atoms with van der Waals surface area (Å²) in [5.41, 5.74) is 2.38. The highest BCUT2D eigenvalue weighted by molar-refractivity contribution is 7.89. The molecule has 0 unspecified atom stereocenters. The second-order valence-electron chi connectivity index (χ2n) is 7.20. The van der Waals surface area contributed by atoms with Gasteiger partial charge in [-0.2, -0.15) is 9.30 Å². The average molecular weight is 440 g/mol. The number of nitrogens with zero attached hydrogens (tertiary/aromatic N) is 3. The van der Waals surface area contributed by atoms with Gasteiger partial charge in [-0.25, -0.2) is 8.42 Å². The number of carbonyl (C=O) groups excluding carboxylic acids is 1. The van der Waals surface area contributed by atoms with E-state index in [9.17, 15) is 13.2 Å². The van der Waals surface area contributed by atoms with Crippen molar-refractivity contribution >= 4 is 37.5 Å². The van der Waals surface area contributed by atoms with Gasteiger partial charge in [-0.15, -0.1) is 6.42 Å². The van der Waals surface area contributed by atoms with E-state index in [1.165, 1.54) is 39.9 Å². The molecule has 6 nitrogen and oxygen atoms in total. The van der Waals surface area contributed by atoms with Crippen molar-refractivity contribution in [3.05, 3.63) is 58.4 Å². The maximum absolute atomic E-state index is 12.7. The summed E-state index contributed by atoms with van der Waals surface area (Å²) < 4.78 is 29.6. The number of aryl methyl sites for hydroxylation is 1. The lowest BCUT2D eigenvalue weighted by molar-refractivity contribution is 0.0998. The molecule has 1 aromatic heterocycles. The standard InChI is InChI=1S/C22H21N3O3S2/c1-3-12-25-19-11-6-16(2)15-20(19)29-22(25)23-21(26)17-7-9-18(10-8-17)30(27,28)24-13-4-5-14-24/h1,6-11,15H,4-5,12-14H2,2H3. The monoisotopic (exact) mass is 439 g/mol. The van der Waals surface area contributed by atoms with E-state index in [4.69, 9.17) is 6.42 Å². The third-order valence-corrected chi connectivity index (χ3v) is 8.04. The molecule has 154 valence electrons. The molecule has 1 fully saturated rings. The molecule has 3 aromatic rings. The molecular formula is C22H21N3O3S2. The van der Waals surface area contributed by atoms with Crippen molar-refractivity contribution in [3.8, 4) is 12.3 Å². The first-order chi connectivity index (χ1) is 14.4. The smallest absolute Gasteiger partial charge is 0.279 e. The van der Waals surface area contributed by atoms with E-state index in [0.717, 1.165) is 28.6 Å². The largest absolute Gasteiger partial charge is 0.305 e. The van der Waals surface area contributed by atoms with Crippen LogP contribution in [0.1, 0.15) is 28.8 Å². The third-order valence-electron chi connectivity index (χ3n) is 5.09. The fraction of sp³-hybridized carbons (Fsp3) is 0.273. The van der Waals surface area contributed by atoms with Gasteiger partial charge in [-0.05, 0) is 61.7 Å². The van der Waals surface area contributed by atoms with Crippen LogP contribution in [0.3, 0.4) is 0 Å². The highest BCUT2D eigenvalue weighted by atomic mass is 32.2. The Labute approximate surface area is 179 Å². The minimum atomic E-state index is -3.51. The van der Waals surface area contributed by atoms with E-state index < -0.39 is 15.9 Å². The van der Waals surface area contributed by atoms with Crippen LogP contribution in [0.4, 0.5) is 0 Å². The van der Waals surface area contributed by atoms with Crippen LogP contribution in [-0.4, -0.2) is 36.3 Å². The van der Waals surface area contributed by atoms with Gasteiger partial charge in [0.25, 0.3) is 5.91 Å². The molecule has 0 spiro atoms. The Balaban J connectivity index is 1.68. The number of amides is 1. The average Bonchev–Trinajstić information content (AvgIpc) is 3.38. The molecule has 8 heteroatoms. The summed E-state index contributed by atoms with van der Waals surface area (Å²) in [4.78, 5) is 17.7. The van der Waals surface area contributed by atoms with Crippen LogP contribution in [0, 0.1) is 19.3 Å². The van der Waals surface area contributed by atoms with Gasteiger partial charge >= 0.3 is 0 Å². The predicted molar refractivity (Wildman–Crippen MR) is 118 cm³/mol. The lowest BCUT2D eigenvalue weighted by Crippen LogP contribution is -2.27. The molecule has 2 heterocycles. The van der Waals surface area contributed by atoms with Crippen molar-refractivity contribution in [1.82, 2.24) is 8.87 Å². The Morgan fingerprint density at radius 1 is 1.17 bits per heavy atom. The number of benzene rings is 2. The third kappa shape index (κ3) is 3.84. The summed E-state index contributed by atoms with van der Waals surface area (Å²) in [7, 11) is -3.51. The minimum absolute atomic E-state index is 0.195. The molecule has 0 saturated carbocycles. The van der Waals surface area contributed by atoms with Gasteiger partial charge in [-0.1, -0.05) is 23.3 Å². The molecule has 30 heavy (non-hydrogen) atoms. The van der Waals surface area contributed by atoms with Crippen molar-refractivity contribution in [2.75, 3.05) is 13.1 Å². The quantitative estimate of drug-likeness (QED) is 0.586. The van der Waals surface area contributed by atoms with E-state index in [-0.39, 0.29) is 4.90 Å². The predicted octanol–water partition coefficient (Wildman–Crippen LogP) is 3.17. The molecule has 1 amide bonds. The van der Waals surface area contributed by atoms with Crippen LogP contribution in [0.2, 0.25) is 0 Å². The first-order valence-electron chi connectivity index (χ1n) is 9.63. The SMILES string of the molecule is C#CCn1c(=NC(=O)c2ccc(S(=O)(=O)N3CCCC3)cc2)sc2cc(C)ccc21. The second-order valence-corrected chi connectivity index (χ2v) is 10.1. The number of hydrogen-bond donors (Lipinski definition) is 0. The van der Waals surface area contributed by atoms with Crippen LogP contribution >= 0.6 is 11.3 Å². The molecule has 2 aromatic carbocycles. The normalized spacial score (nSPS) is 15.5. The zero-order valence-corrected chi connectivity index (χ0v) is 18.2. The molecule has 0 radical (unpaired) electrons. The van der Waals surface area contributed by atoms with Crippen LogP contribution in [0.25, 0.3) is 10.2 Å². The zero-order chi connectivity index (χ0) is 21.3. The van der Waals surface area contributed by atoms with Crippen molar-refractivity contribution in [1.29, 1.82) is 0 Å². The fourth-order valence-electron chi connectivity index (χ4n) is 3.51. The molecule has 0 N–H and O–H groups in total. The number of rotatable bonds is 4. The van der Waals surface area contributed by atoms with E-state index >= 15 is 0 Å². The number of aromatic nitrogens is 1. The minimum Gasteiger partial charge on any atom is -0.305 e. The Morgan fingerprint density at radius 2 is 1.87 bits per heavy atom. The summed E-state index contributed by atoms with van der Waals surface area (Å²) in [6.45, 7) is 3.39. The van der Waals surface area contributed by atoms with E-state index in [2.05, 4.69) is 10.9 Å². The van der Waals surface area contributed by atoms with Crippen molar-refractivity contribution in [3.63, 3.8) is 0 Å². The molecule has 0 aliphatic carbocycles. The molecule has 4 rings (SSSR count). The maximum Gasteiger partial charge on any atom is 0.279 e. The topological polar surface area (TPSA) is 71.7 Å². The Bertz CT molecular complexity index is 1320. The first-order valence-corrected chi connectivity index (χ1v) is 11.9. The maximum atomic E-state index is 12.7. The van der Waals surface area contributed by atoms with Crippen LogP contribution in [-0.2, 0) is 16.6 Å². The number of hydrogen-bond acceptors (Lipinski definition) is 4. The molecule has 1 aliphatic heterocycles. The van der Waals surface area contributed by atoms with E-state index in [0.29, 0.717) is 30.0 Å². The number of carbonyl (C=O) groups is 1. The number of fused-ring (bicyclic) bond motifs is 1. The van der Waals surface area contributed by atoms with E-state index in [1.54, 1.807) is 0 Å². The van der Waals surface area contributed by atoms with Crippen LogP contribution in [0.5, 0.6) is 0 Å². The Hall–Kier alpha value is -2.73. The van der Waals surface area contributed by atoms with Gasteiger partial charge in [0.05, 0.1) is 21.7 Å². The van der Waals surface area contributed by atoms with Crippen LogP contribution < -0.4 is 4.80 Å². The Kier molecular flexibility index (Phi) is 5.60. The highest BCUT2D eigenvalue weighted by Crippen LogP contribution is 2.22. The zero-order valence-electron chi connectivity index (χ0n) is 16.5. The number of sulfonamides is 1.